The number of carboxylic acid groups (broad SMARTS) is 1. The van der Waals surface area contributed by atoms with E-state index < -0.39 is 5.97 Å². The van der Waals surface area contributed by atoms with E-state index in [0.29, 0.717) is 5.82 Å². The van der Waals surface area contributed by atoms with Gasteiger partial charge in [0.2, 0.25) is 0 Å². The fourth-order valence-electron chi connectivity index (χ4n) is 1.29. The Bertz CT molecular complexity index is 385. The number of hydrogen-bond acceptors (Lipinski definition) is 4. The van der Waals surface area contributed by atoms with Gasteiger partial charge in [-0.15, -0.1) is 0 Å². The zero-order valence-corrected chi connectivity index (χ0v) is 10.3. The van der Waals surface area contributed by atoms with Gasteiger partial charge in [-0.2, -0.15) is 0 Å². The van der Waals surface area contributed by atoms with Crippen LogP contribution in [0.2, 0.25) is 5.02 Å². The topological polar surface area (TPSA) is 71.5 Å². The Labute approximate surface area is 105 Å². The van der Waals surface area contributed by atoms with E-state index >= 15 is 0 Å². The molecule has 0 aromatic carbocycles. The quantitative estimate of drug-likeness (QED) is 0.734. The number of carboxylic acids is 1. The highest BCUT2D eigenvalue weighted by Gasteiger charge is 2.09. The summed E-state index contributed by atoms with van der Waals surface area (Å²) in [5.74, 6) is -0.538. The first-order chi connectivity index (χ1) is 8.15. The molecular weight excluding hydrogens is 244 g/mol. The van der Waals surface area contributed by atoms with E-state index in [1.807, 2.05) is 0 Å². The third-order valence-corrected chi connectivity index (χ3v) is 2.47. The van der Waals surface area contributed by atoms with Gasteiger partial charge >= 0.3 is 5.97 Å². The van der Waals surface area contributed by atoms with Gasteiger partial charge in [-0.05, 0) is 18.9 Å². The van der Waals surface area contributed by atoms with Crippen LogP contribution in [0.3, 0.4) is 0 Å². The lowest BCUT2D eigenvalue weighted by molar-refractivity contribution is 0.0697. The first-order valence-electron chi connectivity index (χ1n) is 5.27. The standard InChI is InChI=1S/C11H15ClN2O3/c1-17-5-3-2-4-13-10-6-8(11(15)16)9(12)7-14-10/h6-7H,2-5H2,1H3,(H,13,14)(H,15,16). The summed E-state index contributed by atoms with van der Waals surface area (Å²) in [6.07, 6.45) is 3.21. The highest BCUT2D eigenvalue weighted by Crippen LogP contribution is 2.17. The molecule has 1 aromatic rings. The Balaban J connectivity index is 2.49. The maximum atomic E-state index is 10.8. The lowest BCUT2D eigenvalue weighted by Crippen LogP contribution is -2.06. The summed E-state index contributed by atoms with van der Waals surface area (Å²) in [6, 6.07) is 1.43. The summed E-state index contributed by atoms with van der Waals surface area (Å²) in [5, 5.41) is 12.1. The van der Waals surface area contributed by atoms with Gasteiger partial charge in [-0.3, -0.25) is 0 Å². The zero-order chi connectivity index (χ0) is 12.7. The molecule has 2 N–H and O–H groups in total. The van der Waals surface area contributed by atoms with E-state index in [0.717, 1.165) is 26.0 Å². The van der Waals surface area contributed by atoms with E-state index in [1.165, 1.54) is 12.3 Å². The molecule has 0 atom stereocenters. The second-order valence-electron chi connectivity index (χ2n) is 3.48. The molecular formula is C11H15ClN2O3. The van der Waals surface area contributed by atoms with Crippen LogP contribution < -0.4 is 5.32 Å². The van der Waals surface area contributed by atoms with Gasteiger partial charge in [0.1, 0.15) is 5.82 Å². The van der Waals surface area contributed by atoms with Crippen LogP contribution in [-0.2, 0) is 4.74 Å². The maximum absolute atomic E-state index is 10.8. The summed E-state index contributed by atoms with van der Waals surface area (Å²) >= 11 is 5.71. The van der Waals surface area contributed by atoms with Gasteiger partial charge in [-0.1, -0.05) is 11.6 Å². The largest absolute Gasteiger partial charge is 0.478 e. The minimum atomic E-state index is -1.06. The van der Waals surface area contributed by atoms with Crippen LogP contribution >= 0.6 is 11.6 Å². The molecule has 94 valence electrons. The zero-order valence-electron chi connectivity index (χ0n) is 9.57. The smallest absolute Gasteiger partial charge is 0.337 e. The van der Waals surface area contributed by atoms with Gasteiger partial charge in [0.15, 0.2) is 0 Å². The monoisotopic (exact) mass is 258 g/mol. The number of anilines is 1. The number of halogens is 1. The van der Waals surface area contributed by atoms with Crippen LogP contribution in [-0.4, -0.2) is 36.3 Å². The lowest BCUT2D eigenvalue weighted by Gasteiger charge is -2.06. The molecule has 0 radical (unpaired) electrons. The second kappa shape index (κ2) is 7.09. The van der Waals surface area contributed by atoms with Gasteiger partial charge in [0, 0.05) is 26.5 Å². The predicted molar refractivity (Wildman–Crippen MR) is 65.8 cm³/mol. The molecule has 6 heteroatoms. The molecule has 17 heavy (non-hydrogen) atoms. The van der Waals surface area contributed by atoms with Gasteiger partial charge in [0.25, 0.3) is 0 Å². The van der Waals surface area contributed by atoms with Crippen LogP contribution in [0.4, 0.5) is 5.82 Å². The van der Waals surface area contributed by atoms with Crippen molar-refractivity contribution < 1.29 is 14.6 Å². The average Bonchev–Trinajstić information content (AvgIpc) is 2.30. The van der Waals surface area contributed by atoms with E-state index in [4.69, 9.17) is 21.4 Å². The fourth-order valence-corrected chi connectivity index (χ4v) is 1.47. The molecule has 0 saturated heterocycles. The normalized spacial score (nSPS) is 10.2. The van der Waals surface area contributed by atoms with Crippen LogP contribution in [0.1, 0.15) is 23.2 Å². The minimum Gasteiger partial charge on any atom is -0.478 e. The Morgan fingerprint density at radius 2 is 2.35 bits per heavy atom. The number of aromatic nitrogens is 1. The van der Waals surface area contributed by atoms with Crippen molar-refractivity contribution in [2.45, 2.75) is 12.8 Å². The summed E-state index contributed by atoms with van der Waals surface area (Å²) in [5.41, 5.74) is 0.0565. The fraction of sp³-hybridized carbons (Fsp3) is 0.455. The lowest BCUT2D eigenvalue weighted by atomic mass is 10.2. The molecule has 0 unspecified atom stereocenters. The molecule has 5 nitrogen and oxygen atoms in total. The molecule has 0 bridgehead atoms. The van der Waals surface area contributed by atoms with Crippen LogP contribution in [0, 0.1) is 0 Å². The predicted octanol–water partition coefficient (Wildman–Crippen LogP) is 2.27. The van der Waals surface area contributed by atoms with Crippen molar-refractivity contribution >= 4 is 23.4 Å². The van der Waals surface area contributed by atoms with Crippen molar-refractivity contribution in [3.63, 3.8) is 0 Å². The van der Waals surface area contributed by atoms with Crippen molar-refractivity contribution in [2.75, 3.05) is 25.6 Å². The minimum absolute atomic E-state index is 0.0565. The Morgan fingerprint density at radius 1 is 1.59 bits per heavy atom. The summed E-state index contributed by atoms with van der Waals surface area (Å²) in [7, 11) is 1.66. The average molecular weight is 259 g/mol. The number of rotatable bonds is 7. The summed E-state index contributed by atoms with van der Waals surface area (Å²) in [4.78, 5) is 14.8. The van der Waals surface area contributed by atoms with Crippen molar-refractivity contribution in [1.82, 2.24) is 4.98 Å². The van der Waals surface area contributed by atoms with E-state index in [-0.39, 0.29) is 10.6 Å². The summed E-state index contributed by atoms with van der Waals surface area (Å²) in [6.45, 7) is 1.44. The molecule has 1 rings (SSSR count). The van der Waals surface area contributed by atoms with Gasteiger partial charge < -0.3 is 15.2 Å². The Morgan fingerprint density at radius 3 is 3.00 bits per heavy atom. The number of methoxy groups -OCH3 is 1. The number of nitrogens with zero attached hydrogens (tertiary/aromatic N) is 1. The number of carbonyl (C=O) groups is 1. The highest BCUT2D eigenvalue weighted by atomic mass is 35.5. The molecule has 1 heterocycles. The maximum Gasteiger partial charge on any atom is 0.337 e. The molecule has 0 aliphatic heterocycles. The first kappa shape index (κ1) is 13.7. The molecule has 0 spiro atoms. The Hall–Kier alpha value is -1.33. The molecule has 0 fully saturated rings. The van der Waals surface area contributed by atoms with Crippen LogP contribution in [0.5, 0.6) is 0 Å². The van der Waals surface area contributed by atoms with Crippen molar-refractivity contribution in [3.05, 3.63) is 22.8 Å². The highest BCUT2D eigenvalue weighted by molar-refractivity contribution is 6.33. The summed E-state index contributed by atoms with van der Waals surface area (Å²) < 4.78 is 4.92. The van der Waals surface area contributed by atoms with Crippen molar-refractivity contribution in [2.24, 2.45) is 0 Å². The molecule has 0 saturated carbocycles. The first-order valence-corrected chi connectivity index (χ1v) is 5.64. The van der Waals surface area contributed by atoms with Crippen LogP contribution in [0.15, 0.2) is 12.3 Å². The van der Waals surface area contributed by atoms with Crippen molar-refractivity contribution in [3.8, 4) is 0 Å². The van der Waals surface area contributed by atoms with Gasteiger partial charge in [0.05, 0.1) is 10.6 Å². The van der Waals surface area contributed by atoms with Crippen LogP contribution in [0.25, 0.3) is 0 Å². The molecule has 0 amide bonds. The molecule has 1 aromatic heterocycles. The van der Waals surface area contributed by atoms with E-state index in [2.05, 4.69) is 10.3 Å². The number of aromatic carboxylic acids is 1. The third-order valence-electron chi connectivity index (χ3n) is 2.17. The number of unbranched alkanes of at least 4 members (excludes halogenated alkanes) is 1. The SMILES string of the molecule is COCCCCNc1cc(C(=O)O)c(Cl)cn1. The van der Waals surface area contributed by atoms with E-state index in [9.17, 15) is 4.79 Å². The Kier molecular flexibility index (Phi) is 5.72. The van der Waals surface area contributed by atoms with E-state index in [1.54, 1.807) is 7.11 Å². The van der Waals surface area contributed by atoms with Gasteiger partial charge in [-0.25, -0.2) is 9.78 Å². The number of hydrogen-bond donors (Lipinski definition) is 2. The number of pyridine rings is 1. The molecule has 0 aliphatic carbocycles. The second-order valence-corrected chi connectivity index (χ2v) is 3.89. The molecule has 0 aliphatic rings. The number of ether oxygens (including phenoxy) is 1. The third kappa shape index (κ3) is 4.58. The van der Waals surface area contributed by atoms with Crippen molar-refractivity contribution in [1.29, 1.82) is 0 Å². The number of nitrogens with one attached hydrogen (secondary N) is 1.